The second-order valence-electron chi connectivity index (χ2n) is 11.9. The van der Waals surface area contributed by atoms with Crippen LogP contribution in [0.25, 0.3) is 16.5 Å². The van der Waals surface area contributed by atoms with E-state index < -0.39 is 17.7 Å². The van der Waals surface area contributed by atoms with E-state index in [-0.39, 0.29) is 16.5 Å². The number of rotatable bonds is 10. The molecule has 0 spiro atoms. The number of carbonyl (C=O) groups is 2. The predicted octanol–water partition coefficient (Wildman–Crippen LogP) is 7.81. The van der Waals surface area contributed by atoms with Crippen LogP contribution in [0.15, 0.2) is 94.8 Å². The number of aromatic nitrogens is 2. The summed E-state index contributed by atoms with van der Waals surface area (Å²) in [4.78, 5) is 29.0. The summed E-state index contributed by atoms with van der Waals surface area (Å²) in [6, 6.07) is 25.7. The van der Waals surface area contributed by atoms with Crippen molar-refractivity contribution in [1.29, 1.82) is 0 Å². The molecule has 1 amide bonds. The summed E-state index contributed by atoms with van der Waals surface area (Å²) in [5.74, 6) is 0.776. The molecule has 244 valence electrons. The second kappa shape index (κ2) is 13.7. The van der Waals surface area contributed by atoms with Crippen LogP contribution in [-0.2, 0) is 15.3 Å². The molecule has 1 atom stereocenters. The number of ketones is 1. The highest BCUT2D eigenvalue weighted by atomic mass is 32.2. The molecule has 2 aliphatic heterocycles. The molecule has 7 rings (SSSR count). The minimum atomic E-state index is -0.976. The maximum Gasteiger partial charge on any atom is 0.301 e. The number of nitrogens with zero attached hydrogens (tertiary/aromatic N) is 3. The van der Waals surface area contributed by atoms with Crippen LogP contribution in [0.4, 0.5) is 5.13 Å². The third-order valence-electron chi connectivity index (χ3n) is 8.23. The van der Waals surface area contributed by atoms with Crippen molar-refractivity contribution in [3.63, 3.8) is 0 Å². The summed E-state index contributed by atoms with van der Waals surface area (Å²) in [7, 11) is 0. The number of hydrogen-bond donors (Lipinski definition) is 1. The Kier molecular flexibility index (Phi) is 9.05. The van der Waals surface area contributed by atoms with Crippen LogP contribution in [0, 0.1) is 5.92 Å². The normalized spacial score (nSPS) is 17.0. The van der Waals surface area contributed by atoms with E-state index in [1.807, 2.05) is 36.4 Å². The number of thioether (sulfide) groups is 1. The number of aliphatic hydroxyl groups is 1. The van der Waals surface area contributed by atoms with Gasteiger partial charge >= 0.3 is 5.91 Å². The van der Waals surface area contributed by atoms with Gasteiger partial charge in [-0.25, -0.2) is 0 Å². The lowest BCUT2D eigenvalue weighted by Crippen LogP contribution is -2.29. The van der Waals surface area contributed by atoms with Crippen molar-refractivity contribution in [2.45, 2.75) is 36.4 Å². The molecule has 48 heavy (non-hydrogen) atoms. The molecule has 11 heteroatoms. The zero-order chi connectivity index (χ0) is 33.2. The van der Waals surface area contributed by atoms with Gasteiger partial charge in [0, 0.05) is 11.3 Å². The predicted molar refractivity (Wildman–Crippen MR) is 187 cm³/mol. The van der Waals surface area contributed by atoms with Crippen molar-refractivity contribution in [1.82, 2.24) is 10.2 Å². The minimum Gasteiger partial charge on any atom is -0.507 e. The summed E-state index contributed by atoms with van der Waals surface area (Å²) in [5.41, 5.74) is 2.02. The fraction of sp³-hybridized carbons (Fsp3) is 0.243. The van der Waals surface area contributed by atoms with Gasteiger partial charge in [0.2, 0.25) is 5.13 Å². The molecule has 1 saturated heterocycles. The first kappa shape index (κ1) is 31.7. The van der Waals surface area contributed by atoms with Gasteiger partial charge in [-0.1, -0.05) is 91.5 Å². The molecule has 1 fully saturated rings. The first-order valence-corrected chi connectivity index (χ1v) is 17.5. The summed E-state index contributed by atoms with van der Waals surface area (Å²) < 4.78 is 18.0. The number of carbonyl (C=O) groups excluding carboxylic acids is 2. The van der Waals surface area contributed by atoms with Crippen molar-refractivity contribution < 1.29 is 28.9 Å². The Balaban J connectivity index is 1.25. The fourth-order valence-electron chi connectivity index (χ4n) is 5.79. The van der Waals surface area contributed by atoms with Crippen LogP contribution in [-0.4, -0.2) is 46.8 Å². The highest BCUT2D eigenvalue weighted by Gasteiger charge is 2.48. The fourth-order valence-corrected chi connectivity index (χ4v) is 7.67. The third-order valence-corrected chi connectivity index (χ3v) is 10.3. The highest BCUT2D eigenvalue weighted by Crippen LogP contribution is 2.45. The van der Waals surface area contributed by atoms with E-state index in [9.17, 15) is 14.7 Å². The molecular weight excluding hydrogens is 647 g/mol. The average molecular weight is 680 g/mol. The number of anilines is 1. The number of fused-ring (bicyclic) bond motifs is 2. The van der Waals surface area contributed by atoms with Gasteiger partial charge in [0.15, 0.2) is 15.8 Å². The van der Waals surface area contributed by atoms with Crippen molar-refractivity contribution in [2.75, 3.05) is 24.7 Å². The van der Waals surface area contributed by atoms with Gasteiger partial charge < -0.3 is 19.3 Å². The average Bonchev–Trinajstić information content (AvgIpc) is 3.68. The monoisotopic (exact) mass is 679 g/mol. The number of Topliss-reactive ketones (excluding diaryl/α,β-unsaturated/α-hetero) is 1. The number of aliphatic hydroxyl groups excluding tert-OH is 1. The summed E-state index contributed by atoms with van der Waals surface area (Å²) >= 11 is 2.74. The van der Waals surface area contributed by atoms with Gasteiger partial charge in [0.05, 0.1) is 18.2 Å². The standard InChI is InChI=1S/C37H33N3O6S2/c1-22(2)15-16-44-27-11-6-9-24(19-27)32-31(33(41)25-13-14-29-30(20-25)46-18-17-45-29)34(42)35(43)40(32)36-38-39-37(48-36)47-21-26-10-5-8-23-7-3-4-12-28(23)26/h3-14,19-20,22,32,41H,15-18,21H2,1-2H3/t32-/m0/s1. The lowest BCUT2D eigenvalue weighted by Gasteiger charge is -2.23. The molecule has 0 saturated carbocycles. The molecule has 0 bridgehead atoms. The van der Waals surface area contributed by atoms with Crippen LogP contribution >= 0.6 is 23.1 Å². The lowest BCUT2D eigenvalue weighted by molar-refractivity contribution is -0.132. The van der Waals surface area contributed by atoms with Gasteiger partial charge in [-0.2, -0.15) is 0 Å². The molecule has 1 N–H and O–H groups in total. The zero-order valence-corrected chi connectivity index (χ0v) is 28.1. The SMILES string of the molecule is CC(C)CCOc1cccc([C@H]2C(=C(O)c3ccc4c(c3)OCCO4)C(=O)C(=O)N2c2nnc(SCc3cccc4ccccc34)s2)c1. The Bertz CT molecular complexity index is 2040. The van der Waals surface area contributed by atoms with Crippen LogP contribution in [0.1, 0.15) is 43.0 Å². The Morgan fingerprint density at radius 1 is 0.979 bits per heavy atom. The minimum absolute atomic E-state index is 0.0591. The van der Waals surface area contributed by atoms with Gasteiger partial charge in [-0.15, -0.1) is 10.2 Å². The van der Waals surface area contributed by atoms with Gasteiger partial charge in [-0.3, -0.25) is 14.5 Å². The number of amides is 1. The van der Waals surface area contributed by atoms with E-state index in [1.165, 1.54) is 28.0 Å². The van der Waals surface area contributed by atoms with Crippen LogP contribution in [0.2, 0.25) is 0 Å². The Hall–Kier alpha value is -4.87. The molecule has 0 unspecified atom stereocenters. The molecule has 9 nitrogen and oxygen atoms in total. The van der Waals surface area contributed by atoms with E-state index in [2.05, 4.69) is 48.3 Å². The van der Waals surface area contributed by atoms with Crippen molar-refractivity contribution in [2.24, 2.45) is 5.92 Å². The van der Waals surface area contributed by atoms with Crippen LogP contribution in [0.3, 0.4) is 0 Å². The summed E-state index contributed by atoms with van der Waals surface area (Å²) in [6.07, 6.45) is 0.872. The zero-order valence-electron chi connectivity index (χ0n) is 26.4. The molecule has 0 radical (unpaired) electrons. The topological polar surface area (TPSA) is 111 Å². The van der Waals surface area contributed by atoms with E-state index in [1.54, 1.807) is 24.3 Å². The molecule has 5 aromatic rings. The molecular formula is C37H33N3O6S2. The molecule has 4 aromatic carbocycles. The Morgan fingerprint density at radius 3 is 2.62 bits per heavy atom. The van der Waals surface area contributed by atoms with Gasteiger partial charge in [0.1, 0.15) is 24.7 Å². The van der Waals surface area contributed by atoms with Crippen molar-refractivity contribution in [3.8, 4) is 17.2 Å². The van der Waals surface area contributed by atoms with Gasteiger partial charge in [-0.05, 0) is 64.6 Å². The van der Waals surface area contributed by atoms with E-state index in [0.29, 0.717) is 64.2 Å². The maximum absolute atomic E-state index is 13.8. The van der Waals surface area contributed by atoms with E-state index >= 15 is 0 Å². The lowest BCUT2D eigenvalue weighted by atomic mass is 9.95. The van der Waals surface area contributed by atoms with Crippen LogP contribution in [0.5, 0.6) is 17.2 Å². The molecule has 3 heterocycles. The number of ether oxygens (including phenoxy) is 3. The summed E-state index contributed by atoms with van der Waals surface area (Å²) in [6.45, 7) is 5.56. The molecule has 1 aromatic heterocycles. The quantitative estimate of drug-likeness (QED) is 0.0520. The Morgan fingerprint density at radius 2 is 1.77 bits per heavy atom. The highest BCUT2D eigenvalue weighted by molar-refractivity contribution is 8.00. The number of benzene rings is 4. The van der Waals surface area contributed by atoms with Crippen LogP contribution < -0.4 is 19.1 Å². The molecule has 0 aliphatic carbocycles. The first-order valence-electron chi connectivity index (χ1n) is 15.7. The maximum atomic E-state index is 13.8. The third kappa shape index (κ3) is 6.35. The van der Waals surface area contributed by atoms with E-state index in [0.717, 1.165) is 22.8 Å². The van der Waals surface area contributed by atoms with Crippen molar-refractivity contribution >= 4 is 56.5 Å². The summed E-state index contributed by atoms with van der Waals surface area (Å²) in [5, 5.41) is 23.0. The smallest absolute Gasteiger partial charge is 0.301 e. The van der Waals surface area contributed by atoms with Crippen molar-refractivity contribution in [3.05, 3.63) is 107 Å². The van der Waals surface area contributed by atoms with E-state index in [4.69, 9.17) is 14.2 Å². The second-order valence-corrected chi connectivity index (χ2v) is 14.1. The molecule has 2 aliphatic rings. The number of hydrogen-bond acceptors (Lipinski definition) is 10. The Labute approximate surface area is 286 Å². The largest absolute Gasteiger partial charge is 0.507 e. The first-order chi connectivity index (χ1) is 23.4. The van der Waals surface area contributed by atoms with Gasteiger partial charge in [0.25, 0.3) is 5.78 Å².